The molecule has 1 N–H and O–H groups in total. The highest BCUT2D eigenvalue weighted by molar-refractivity contribution is 5.79. The zero-order valence-corrected chi connectivity index (χ0v) is 12.6. The molecule has 2 heterocycles. The number of nitrogens with zero attached hydrogens (tertiary/aromatic N) is 2. The topological polar surface area (TPSA) is 60.9 Å². The van der Waals surface area contributed by atoms with Gasteiger partial charge in [-0.05, 0) is 39.0 Å². The van der Waals surface area contributed by atoms with Gasteiger partial charge in [0.05, 0.1) is 5.60 Å². The van der Waals surface area contributed by atoms with E-state index >= 15 is 0 Å². The summed E-state index contributed by atoms with van der Waals surface area (Å²) >= 11 is 0. The number of carbonyl (C=O) groups excluding carboxylic acids is 2. The molecule has 2 aliphatic rings. The van der Waals surface area contributed by atoms with Gasteiger partial charge in [-0.25, -0.2) is 0 Å². The Morgan fingerprint density at radius 2 is 1.70 bits per heavy atom. The molecule has 1 unspecified atom stereocenters. The Balaban J connectivity index is 1.87. The standard InChI is InChI=1S/C15H26N2O3/c1-12(18)16-9-4-13(5-10-16)14(19)17-8-3-6-15(2,20)7-11-17/h13,20H,3-11H2,1-2H3. The number of likely N-dealkylation sites (tertiary alicyclic amines) is 2. The first kappa shape index (κ1) is 15.3. The van der Waals surface area contributed by atoms with E-state index in [1.807, 2.05) is 16.7 Å². The minimum Gasteiger partial charge on any atom is -0.390 e. The second-order valence-corrected chi connectivity index (χ2v) is 6.46. The molecule has 0 bridgehead atoms. The maximum Gasteiger partial charge on any atom is 0.225 e. The van der Waals surface area contributed by atoms with E-state index in [0.717, 1.165) is 32.2 Å². The zero-order valence-electron chi connectivity index (χ0n) is 12.6. The van der Waals surface area contributed by atoms with Crippen LogP contribution in [0.15, 0.2) is 0 Å². The van der Waals surface area contributed by atoms with Crippen LogP contribution in [0.2, 0.25) is 0 Å². The number of amides is 2. The minimum absolute atomic E-state index is 0.0497. The van der Waals surface area contributed by atoms with Gasteiger partial charge in [0.2, 0.25) is 11.8 Å². The Labute approximate surface area is 120 Å². The Bertz CT molecular complexity index is 373. The van der Waals surface area contributed by atoms with Crippen molar-refractivity contribution >= 4 is 11.8 Å². The molecule has 0 aromatic carbocycles. The zero-order chi connectivity index (χ0) is 14.8. The number of carbonyl (C=O) groups is 2. The average Bonchev–Trinajstić information content (AvgIpc) is 2.59. The molecule has 2 rings (SSSR count). The minimum atomic E-state index is -0.632. The van der Waals surface area contributed by atoms with Gasteiger partial charge in [0.15, 0.2) is 0 Å². The van der Waals surface area contributed by atoms with Crippen molar-refractivity contribution in [2.24, 2.45) is 5.92 Å². The lowest BCUT2D eigenvalue weighted by Crippen LogP contribution is -2.44. The molecule has 0 aromatic rings. The van der Waals surface area contributed by atoms with Crippen LogP contribution in [0, 0.1) is 5.92 Å². The van der Waals surface area contributed by atoms with Crippen LogP contribution < -0.4 is 0 Å². The van der Waals surface area contributed by atoms with Crippen molar-refractivity contribution in [1.82, 2.24) is 9.80 Å². The Kier molecular flexibility index (Phi) is 4.68. The number of piperidine rings is 1. The summed E-state index contributed by atoms with van der Waals surface area (Å²) in [6.07, 6.45) is 3.83. The van der Waals surface area contributed by atoms with Crippen molar-refractivity contribution in [3.63, 3.8) is 0 Å². The van der Waals surface area contributed by atoms with Crippen molar-refractivity contribution in [2.75, 3.05) is 26.2 Å². The molecular weight excluding hydrogens is 256 g/mol. The summed E-state index contributed by atoms with van der Waals surface area (Å²) in [7, 11) is 0. The maximum absolute atomic E-state index is 12.5. The fourth-order valence-electron chi connectivity index (χ4n) is 3.18. The number of hydrogen-bond donors (Lipinski definition) is 1. The van der Waals surface area contributed by atoms with Crippen LogP contribution in [0.4, 0.5) is 0 Å². The lowest BCUT2D eigenvalue weighted by atomic mass is 9.95. The highest BCUT2D eigenvalue weighted by atomic mass is 16.3. The van der Waals surface area contributed by atoms with Gasteiger partial charge in [-0.15, -0.1) is 0 Å². The molecule has 2 saturated heterocycles. The van der Waals surface area contributed by atoms with E-state index in [2.05, 4.69) is 0 Å². The van der Waals surface area contributed by atoms with Crippen LogP contribution in [0.3, 0.4) is 0 Å². The molecule has 0 saturated carbocycles. The first-order chi connectivity index (χ1) is 9.39. The van der Waals surface area contributed by atoms with Crippen LogP contribution in [-0.2, 0) is 9.59 Å². The molecule has 0 radical (unpaired) electrons. The molecule has 20 heavy (non-hydrogen) atoms. The first-order valence-corrected chi connectivity index (χ1v) is 7.66. The number of aliphatic hydroxyl groups is 1. The van der Waals surface area contributed by atoms with E-state index in [1.54, 1.807) is 6.92 Å². The lowest BCUT2D eigenvalue weighted by molar-refractivity contribution is -0.140. The maximum atomic E-state index is 12.5. The van der Waals surface area contributed by atoms with Crippen LogP contribution in [0.1, 0.15) is 46.0 Å². The monoisotopic (exact) mass is 282 g/mol. The molecular formula is C15H26N2O3. The molecule has 2 aliphatic heterocycles. The Morgan fingerprint density at radius 1 is 1.05 bits per heavy atom. The molecule has 0 aliphatic carbocycles. The summed E-state index contributed by atoms with van der Waals surface area (Å²) in [5.74, 6) is 0.362. The smallest absolute Gasteiger partial charge is 0.225 e. The average molecular weight is 282 g/mol. The molecule has 2 fully saturated rings. The third-order valence-corrected chi connectivity index (χ3v) is 4.66. The molecule has 5 heteroatoms. The van der Waals surface area contributed by atoms with E-state index in [9.17, 15) is 14.7 Å². The second kappa shape index (κ2) is 6.12. The van der Waals surface area contributed by atoms with Crippen molar-refractivity contribution in [2.45, 2.75) is 51.6 Å². The predicted octanol–water partition coefficient (Wildman–Crippen LogP) is 1.01. The number of rotatable bonds is 1. The van der Waals surface area contributed by atoms with Gasteiger partial charge >= 0.3 is 0 Å². The second-order valence-electron chi connectivity index (χ2n) is 6.46. The fraction of sp³-hybridized carbons (Fsp3) is 0.867. The molecule has 2 amide bonds. The van der Waals surface area contributed by atoms with Gasteiger partial charge in [-0.3, -0.25) is 9.59 Å². The predicted molar refractivity (Wildman–Crippen MR) is 76.0 cm³/mol. The van der Waals surface area contributed by atoms with E-state index in [1.165, 1.54) is 0 Å². The quantitative estimate of drug-likeness (QED) is 0.781. The van der Waals surface area contributed by atoms with Crippen molar-refractivity contribution in [3.8, 4) is 0 Å². The fourth-order valence-corrected chi connectivity index (χ4v) is 3.18. The Morgan fingerprint density at radius 3 is 2.30 bits per heavy atom. The van der Waals surface area contributed by atoms with E-state index < -0.39 is 5.60 Å². The van der Waals surface area contributed by atoms with Crippen LogP contribution in [-0.4, -0.2) is 58.5 Å². The number of hydrogen-bond acceptors (Lipinski definition) is 3. The molecule has 0 spiro atoms. The summed E-state index contributed by atoms with van der Waals surface area (Å²) < 4.78 is 0. The lowest BCUT2D eigenvalue weighted by Gasteiger charge is -2.33. The van der Waals surface area contributed by atoms with Gasteiger partial charge < -0.3 is 14.9 Å². The van der Waals surface area contributed by atoms with Gasteiger partial charge in [0, 0.05) is 39.0 Å². The van der Waals surface area contributed by atoms with Gasteiger partial charge in [-0.2, -0.15) is 0 Å². The summed E-state index contributed by atoms with van der Waals surface area (Å²) in [5.41, 5.74) is -0.632. The van der Waals surface area contributed by atoms with Crippen LogP contribution in [0.5, 0.6) is 0 Å². The van der Waals surface area contributed by atoms with Gasteiger partial charge in [0.1, 0.15) is 0 Å². The van der Waals surface area contributed by atoms with Gasteiger partial charge in [-0.1, -0.05) is 0 Å². The van der Waals surface area contributed by atoms with Gasteiger partial charge in [0.25, 0.3) is 0 Å². The summed E-state index contributed by atoms with van der Waals surface area (Å²) in [4.78, 5) is 27.6. The van der Waals surface area contributed by atoms with Crippen LogP contribution in [0.25, 0.3) is 0 Å². The van der Waals surface area contributed by atoms with E-state index in [-0.39, 0.29) is 17.7 Å². The normalized spacial score (nSPS) is 29.1. The van der Waals surface area contributed by atoms with Crippen molar-refractivity contribution in [3.05, 3.63) is 0 Å². The molecule has 0 aromatic heterocycles. The Hall–Kier alpha value is -1.10. The molecule has 1 atom stereocenters. The van der Waals surface area contributed by atoms with E-state index in [4.69, 9.17) is 0 Å². The third-order valence-electron chi connectivity index (χ3n) is 4.66. The largest absolute Gasteiger partial charge is 0.390 e. The highest BCUT2D eigenvalue weighted by Crippen LogP contribution is 2.25. The summed E-state index contributed by atoms with van der Waals surface area (Å²) in [5, 5.41) is 10.1. The van der Waals surface area contributed by atoms with Crippen molar-refractivity contribution < 1.29 is 14.7 Å². The van der Waals surface area contributed by atoms with Crippen LogP contribution >= 0.6 is 0 Å². The van der Waals surface area contributed by atoms with Crippen molar-refractivity contribution in [1.29, 1.82) is 0 Å². The summed E-state index contributed by atoms with van der Waals surface area (Å²) in [6.45, 7) is 6.22. The first-order valence-electron chi connectivity index (χ1n) is 7.66. The molecule has 5 nitrogen and oxygen atoms in total. The SMILES string of the molecule is CC(=O)N1CCC(C(=O)N2CCCC(C)(O)CC2)CC1. The third kappa shape index (κ3) is 3.72. The van der Waals surface area contributed by atoms with E-state index in [0.29, 0.717) is 26.1 Å². The molecule has 114 valence electrons. The summed E-state index contributed by atoms with van der Waals surface area (Å²) in [6, 6.07) is 0. The highest BCUT2D eigenvalue weighted by Gasteiger charge is 2.32.